The van der Waals surface area contributed by atoms with Gasteiger partial charge in [-0.05, 0) is 5.41 Å². The highest BCUT2D eigenvalue weighted by Crippen LogP contribution is 2.35. The quantitative estimate of drug-likeness (QED) is 0.135. The smallest absolute Gasteiger partial charge is 0.200 e. The second kappa shape index (κ2) is 10.4. The highest BCUT2D eigenvalue weighted by molar-refractivity contribution is 6.99. The van der Waals surface area contributed by atoms with Crippen LogP contribution in [-0.2, 0) is 0 Å². The first kappa shape index (κ1) is 30.9. The third kappa shape index (κ3) is 4.81. The van der Waals surface area contributed by atoms with Crippen LogP contribution in [0.15, 0.2) is 6.08 Å². The van der Waals surface area contributed by atoms with Crippen molar-refractivity contribution in [3.8, 4) is 0 Å². The van der Waals surface area contributed by atoms with Crippen molar-refractivity contribution in [2.75, 3.05) is 0 Å². The van der Waals surface area contributed by atoms with E-state index in [0.717, 1.165) is 20.8 Å². The van der Waals surface area contributed by atoms with Crippen LogP contribution < -0.4 is 10.9 Å². The minimum Gasteiger partial charge on any atom is -0.207 e. The van der Waals surface area contributed by atoms with Gasteiger partial charge in [0.25, 0.3) is 0 Å². The summed E-state index contributed by atoms with van der Waals surface area (Å²) in [6.45, 7) is -1.61. The number of hydrogen-bond donors (Lipinski definition) is 0. The Morgan fingerprint density at radius 2 is 0.625 bits per heavy atom. The van der Waals surface area contributed by atoms with Crippen molar-refractivity contribution < 1.29 is 65.9 Å². The third-order valence-corrected chi connectivity index (χ3v) is 5.83. The molecule has 3 aromatic rings. The summed E-state index contributed by atoms with van der Waals surface area (Å²) >= 11 is 0. The molecular formula is C24H11BF15-. The molecule has 0 fully saturated rings. The van der Waals surface area contributed by atoms with Crippen molar-refractivity contribution in [2.45, 2.75) is 20.8 Å². The molecule has 0 bridgehead atoms. The minimum atomic E-state index is -4.84. The summed E-state index contributed by atoms with van der Waals surface area (Å²) < 4.78 is 216. The Morgan fingerprint density at radius 3 is 0.875 bits per heavy atom. The van der Waals surface area contributed by atoms with E-state index in [-0.39, 0.29) is 0 Å². The van der Waals surface area contributed by atoms with Gasteiger partial charge in [-0.3, -0.25) is 0 Å². The fraction of sp³-hybridized carbons (Fsp3) is 0.167. The Kier molecular flexibility index (Phi) is 8.07. The molecule has 0 aliphatic rings. The largest absolute Gasteiger partial charge is 0.207 e. The second-order valence-corrected chi connectivity index (χ2v) is 9.61. The lowest BCUT2D eigenvalue weighted by atomic mass is 9.34. The molecule has 0 saturated carbocycles. The molecule has 216 valence electrons. The summed E-state index contributed by atoms with van der Waals surface area (Å²) in [5.74, 6) is -42.6. The molecular weight excluding hydrogens is 584 g/mol. The van der Waals surface area contributed by atoms with Crippen molar-refractivity contribution in [3.05, 3.63) is 98.9 Å². The van der Waals surface area contributed by atoms with E-state index < -0.39 is 121 Å². The predicted molar refractivity (Wildman–Crippen MR) is 113 cm³/mol. The monoisotopic (exact) mass is 595 g/mol. The SMILES string of the molecule is CC(C)(C)/C=C(/[BH-](c1c(F)c(F)c(F)c(F)c1F)c1c(F)c(F)c(F)c(F)c1F)c1c(F)c(F)c(F)c(F)c1F. The molecule has 40 heavy (non-hydrogen) atoms. The zero-order chi connectivity index (χ0) is 30.8. The summed E-state index contributed by atoms with van der Waals surface area (Å²) in [5.41, 5.74) is -10.2. The topological polar surface area (TPSA) is 0 Å². The van der Waals surface area contributed by atoms with Gasteiger partial charge < -0.3 is 0 Å². The molecule has 0 N–H and O–H groups in total. The Labute approximate surface area is 214 Å². The van der Waals surface area contributed by atoms with Gasteiger partial charge in [-0.25, -0.2) is 65.9 Å². The molecule has 16 heteroatoms. The third-order valence-electron chi connectivity index (χ3n) is 5.83. The average Bonchev–Trinajstić information content (AvgIpc) is 2.88. The summed E-state index contributed by atoms with van der Waals surface area (Å²) in [6, 6.07) is 0. The van der Waals surface area contributed by atoms with Crippen molar-refractivity contribution in [2.24, 2.45) is 5.41 Å². The van der Waals surface area contributed by atoms with Gasteiger partial charge in [-0.2, -0.15) is 5.47 Å². The van der Waals surface area contributed by atoms with E-state index in [2.05, 4.69) is 0 Å². The number of halogens is 15. The van der Waals surface area contributed by atoms with Crippen LogP contribution in [0.25, 0.3) is 5.47 Å². The van der Waals surface area contributed by atoms with Crippen LogP contribution >= 0.6 is 0 Å². The maximum atomic E-state index is 15.0. The van der Waals surface area contributed by atoms with E-state index in [1.165, 1.54) is 0 Å². The minimum absolute atomic E-state index is 0.362. The highest BCUT2D eigenvalue weighted by atomic mass is 19.2. The second-order valence-electron chi connectivity index (χ2n) is 9.61. The van der Waals surface area contributed by atoms with Gasteiger partial charge >= 0.3 is 0 Å². The Balaban J connectivity index is 2.76. The maximum Gasteiger partial charge on any atom is 0.200 e. The summed E-state index contributed by atoms with van der Waals surface area (Å²) in [7, 11) is 0. The Morgan fingerprint density at radius 1 is 0.400 bits per heavy atom. The first-order valence-corrected chi connectivity index (χ1v) is 10.7. The number of benzene rings is 3. The molecule has 0 atom stereocenters. The van der Waals surface area contributed by atoms with Gasteiger partial charge in [-0.1, -0.05) is 20.8 Å². The van der Waals surface area contributed by atoms with Gasteiger partial charge in [0.15, 0.2) is 58.2 Å². The number of hydrogen-bond acceptors (Lipinski definition) is 0. The molecule has 0 unspecified atom stereocenters. The lowest BCUT2D eigenvalue weighted by Crippen LogP contribution is -2.52. The normalized spacial score (nSPS) is 12.6. The number of rotatable bonds is 4. The molecule has 0 heterocycles. The van der Waals surface area contributed by atoms with Gasteiger partial charge in [0.1, 0.15) is 23.3 Å². The molecule has 3 aromatic carbocycles. The van der Waals surface area contributed by atoms with Crippen LogP contribution in [0.3, 0.4) is 0 Å². The van der Waals surface area contributed by atoms with Crippen LogP contribution in [-0.4, -0.2) is 6.71 Å². The van der Waals surface area contributed by atoms with Gasteiger partial charge in [-0.15, -0.1) is 17.0 Å². The van der Waals surface area contributed by atoms with E-state index in [4.69, 9.17) is 0 Å². The van der Waals surface area contributed by atoms with E-state index >= 15 is 0 Å². The summed E-state index contributed by atoms with van der Waals surface area (Å²) in [5, 5.41) is 0. The molecule has 0 aliphatic carbocycles. The first-order chi connectivity index (χ1) is 18.3. The molecule has 0 spiro atoms. The summed E-state index contributed by atoms with van der Waals surface area (Å²) in [4.78, 5) is 0. The van der Waals surface area contributed by atoms with Crippen LogP contribution in [0.2, 0.25) is 0 Å². The maximum absolute atomic E-state index is 15.0. The molecule has 0 aromatic heterocycles. The van der Waals surface area contributed by atoms with Crippen LogP contribution in [0.5, 0.6) is 0 Å². The van der Waals surface area contributed by atoms with Crippen LogP contribution in [0, 0.1) is 92.7 Å². The fourth-order valence-corrected chi connectivity index (χ4v) is 4.24. The van der Waals surface area contributed by atoms with Gasteiger partial charge in [0, 0.05) is 5.56 Å². The Bertz CT molecular complexity index is 1430. The van der Waals surface area contributed by atoms with E-state index in [0.29, 0.717) is 6.08 Å². The zero-order valence-electron chi connectivity index (χ0n) is 20.0. The van der Waals surface area contributed by atoms with Gasteiger partial charge in [0.2, 0.25) is 5.82 Å². The van der Waals surface area contributed by atoms with Crippen molar-refractivity contribution in [1.82, 2.24) is 0 Å². The molecule has 0 radical (unpaired) electrons. The first-order valence-electron chi connectivity index (χ1n) is 10.7. The van der Waals surface area contributed by atoms with E-state index in [1.807, 2.05) is 0 Å². The summed E-state index contributed by atoms with van der Waals surface area (Å²) in [6.07, 6.45) is 0.362. The van der Waals surface area contributed by atoms with E-state index in [9.17, 15) is 65.9 Å². The lowest BCUT2D eigenvalue weighted by Gasteiger charge is -2.34. The fourth-order valence-electron chi connectivity index (χ4n) is 4.24. The van der Waals surface area contributed by atoms with Crippen molar-refractivity contribution in [1.29, 1.82) is 0 Å². The molecule has 0 amide bonds. The van der Waals surface area contributed by atoms with Crippen LogP contribution in [0.1, 0.15) is 26.3 Å². The van der Waals surface area contributed by atoms with E-state index in [1.54, 1.807) is 0 Å². The molecule has 0 saturated heterocycles. The predicted octanol–water partition coefficient (Wildman–Crippen LogP) is 6.78. The average molecular weight is 595 g/mol. The Hall–Kier alpha value is -3.59. The molecule has 0 aliphatic heterocycles. The molecule has 0 nitrogen and oxygen atoms in total. The highest BCUT2D eigenvalue weighted by Gasteiger charge is 2.37. The van der Waals surface area contributed by atoms with Crippen LogP contribution in [0.4, 0.5) is 65.9 Å². The lowest BCUT2D eigenvalue weighted by molar-refractivity contribution is 0.376. The van der Waals surface area contributed by atoms with Gasteiger partial charge in [0.05, 0.1) is 6.71 Å². The number of allylic oxidation sites excluding steroid dienone is 1. The standard InChI is InChI=1S/C24H11BF15/c1-24(2,3)4-5(6-9(26)15(32)21(38)16(33)10(6)27)25(7-11(28)17(34)22(39)18(35)12(7)29)8-13(30)19(36)23(40)20(37)14(8)31/h4,25H,1-3H3/q-1/b5-4+. The van der Waals surface area contributed by atoms with Crippen molar-refractivity contribution in [3.63, 3.8) is 0 Å². The molecule has 3 rings (SSSR count). The zero-order valence-corrected chi connectivity index (χ0v) is 20.0. The van der Waals surface area contributed by atoms with Crippen molar-refractivity contribution >= 4 is 23.1 Å².